The molecule has 14 atom stereocenters. The van der Waals surface area contributed by atoms with E-state index in [1.54, 1.807) is 30.3 Å². The van der Waals surface area contributed by atoms with Gasteiger partial charge in [-0.15, -0.1) is 0 Å². The van der Waals surface area contributed by atoms with Crippen molar-refractivity contribution in [1.29, 1.82) is 0 Å². The summed E-state index contributed by atoms with van der Waals surface area (Å²) >= 11 is 0. The number of esters is 1. The lowest BCUT2D eigenvalue weighted by atomic mass is 9.97. The number of carbonyl (C=O) groups excluding carboxylic acids is 1. The molecule has 248 valence electrons. The third-order valence-corrected chi connectivity index (χ3v) is 7.59. The van der Waals surface area contributed by atoms with Crippen LogP contribution in [0.1, 0.15) is 5.56 Å². The number of ether oxygens (including phenoxy) is 6. The first-order chi connectivity index (χ1) is 21.0. The van der Waals surface area contributed by atoms with E-state index in [1.165, 1.54) is 6.08 Å². The molecule has 4 rings (SSSR count). The molecule has 3 saturated heterocycles. The van der Waals surface area contributed by atoms with Gasteiger partial charge in [0.1, 0.15) is 73.8 Å². The predicted molar refractivity (Wildman–Crippen MR) is 141 cm³/mol. The smallest absolute Gasteiger partial charge is 0.330 e. The van der Waals surface area contributed by atoms with Crippen molar-refractivity contribution >= 4 is 12.0 Å². The average Bonchev–Trinajstić information content (AvgIpc) is 3.27. The Morgan fingerprint density at radius 3 is 1.93 bits per heavy atom. The van der Waals surface area contributed by atoms with Crippen LogP contribution in [-0.2, 0) is 33.2 Å². The van der Waals surface area contributed by atoms with Crippen molar-refractivity contribution < 1.29 is 84.3 Å². The molecule has 3 heterocycles. The van der Waals surface area contributed by atoms with Gasteiger partial charge in [0.25, 0.3) is 0 Å². The van der Waals surface area contributed by atoms with Crippen LogP contribution < -0.4 is 0 Å². The van der Waals surface area contributed by atoms with Gasteiger partial charge in [0, 0.05) is 6.08 Å². The Hall–Kier alpha value is -2.17. The van der Waals surface area contributed by atoms with E-state index in [4.69, 9.17) is 28.4 Å². The summed E-state index contributed by atoms with van der Waals surface area (Å²) in [5.41, 5.74) is 0.662. The summed E-state index contributed by atoms with van der Waals surface area (Å²) in [7, 11) is 0. The summed E-state index contributed by atoms with van der Waals surface area (Å²) in [5, 5.41) is 102. The molecule has 44 heavy (non-hydrogen) atoms. The maximum atomic E-state index is 12.5. The van der Waals surface area contributed by atoms with E-state index < -0.39 is 118 Å². The van der Waals surface area contributed by atoms with Crippen molar-refractivity contribution in [1.82, 2.24) is 0 Å². The minimum atomic E-state index is -2.49. The number of carbonyl (C=O) groups is 1. The van der Waals surface area contributed by atoms with Gasteiger partial charge in [-0.2, -0.15) is 0 Å². The zero-order valence-corrected chi connectivity index (χ0v) is 23.2. The first kappa shape index (κ1) is 34.7. The zero-order valence-electron chi connectivity index (χ0n) is 23.2. The van der Waals surface area contributed by atoms with E-state index in [0.717, 1.165) is 6.08 Å². The van der Waals surface area contributed by atoms with Gasteiger partial charge in [0.05, 0.1) is 19.8 Å². The summed E-state index contributed by atoms with van der Waals surface area (Å²) < 4.78 is 33.1. The summed E-state index contributed by atoms with van der Waals surface area (Å²) in [4.78, 5) is 12.5. The molecule has 3 aliphatic rings. The van der Waals surface area contributed by atoms with E-state index in [1.807, 2.05) is 0 Å². The summed E-state index contributed by atoms with van der Waals surface area (Å²) in [6.07, 6.45) is -20.7. The van der Waals surface area contributed by atoms with Crippen LogP contribution in [0, 0.1) is 0 Å². The van der Waals surface area contributed by atoms with Crippen LogP contribution in [0.2, 0.25) is 0 Å². The molecule has 17 nitrogen and oxygen atoms in total. The Bertz CT molecular complexity index is 1090. The lowest BCUT2D eigenvalue weighted by Crippen LogP contribution is -2.66. The SMILES string of the molecule is O=C(C=Cc1ccccc1)OC[C@]1(O[C@@H]2O[C@H](CO)[C@@H](O)[C@H](O)[C@H]2O[C@@H]2O[C@@H](CO)[C@@H](O)[C@@H](O)[C@@H]2O)O[C@H](CO)[C@@H](O)[C@@H]1O. The molecule has 0 amide bonds. The van der Waals surface area contributed by atoms with Crippen molar-refractivity contribution in [2.24, 2.45) is 0 Å². The van der Waals surface area contributed by atoms with E-state index in [9.17, 15) is 55.9 Å². The molecular formula is C27H38O17. The minimum absolute atomic E-state index is 0.662. The van der Waals surface area contributed by atoms with Gasteiger partial charge in [-0.3, -0.25) is 0 Å². The van der Waals surface area contributed by atoms with Crippen LogP contribution in [0.3, 0.4) is 0 Å². The highest BCUT2D eigenvalue weighted by molar-refractivity contribution is 5.87. The fourth-order valence-electron chi connectivity index (χ4n) is 5.03. The zero-order chi connectivity index (χ0) is 32.2. The average molecular weight is 635 g/mol. The lowest BCUT2D eigenvalue weighted by molar-refractivity contribution is -0.408. The Morgan fingerprint density at radius 1 is 0.750 bits per heavy atom. The second-order valence-corrected chi connectivity index (χ2v) is 10.6. The van der Waals surface area contributed by atoms with E-state index in [-0.39, 0.29) is 0 Å². The lowest BCUT2D eigenvalue weighted by Gasteiger charge is -2.47. The van der Waals surface area contributed by atoms with Crippen molar-refractivity contribution in [3.8, 4) is 0 Å². The van der Waals surface area contributed by atoms with Crippen molar-refractivity contribution in [2.75, 3.05) is 26.4 Å². The number of rotatable bonds is 11. The largest absolute Gasteiger partial charge is 0.457 e. The van der Waals surface area contributed by atoms with Crippen LogP contribution in [0.5, 0.6) is 0 Å². The second-order valence-electron chi connectivity index (χ2n) is 10.6. The standard InChI is InChI=1S/C27H38O17/c28-8-13-17(32)20(35)22(37)25(40-13)42-23-21(36)18(33)14(9-29)41-26(23)44-27(24(38)19(34)15(10-30)43-27)11-39-16(31)7-6-12-4-2-1-3-5-12/h1-7,13-15,17-26,28-30,32-38H,8-11H2/t13-,14+,15+,17+,18+,19+,20+,21-,22-,23+,24-,25-,26-,27+/m0/s1. The molecule has 10 N–H and O–H groups in total. The first-order valence-electron chi connectivity index (χ1n) is 13.8. The van der Waals surface area contributed by atoms with Gasteiger partial charge in [-0.1, -0.05) is 30.3 Å². The molecule has 0 bridgehead atoms. The van der Waals surface area contributed by atoms with E-state index in [0.29, 0.717) is 5.56 Å². The third-order valence-electron chi connectivity index (χ3n) is 7.59. The summed E-state index contributed by atoms with van der Waals surface area (Å²) in [6, 6.07) is 8.69. The molecule has 0 radical (unpaired) electrons. The Morgan fingerprint density at radius 2 is 1.34 bits per heavy atom. The second kappa shape index (κ2) is 14.9. The Labute approximate surface area is 250 Å². The molecular weight excluding hydrogens is 596 g/mol. The fraction of sp³-hybridized carbons (Fsp3) is 0.667. The van der Waals surface area contributed by atoms with Crippen LogP contribution in [0.25, 0.3) is 6.08 Å². The normalized spacial score (nSPS) is 42.9. The van der Waals surface area contributed by atoms with Gasteiger partial charge in [-0.05, 0) is 11.6 Å². The molecule has 0 saturated carbocycles. The molecule has 3 aliphatic heterocycles. The summed E-state index contributed by atoms with van der Waals surface area (Å²) in [6.45, 7) is -3.41. The molecule has 3 fully saturated rings. The molecule has 17 heteroatoms. The van der Waals surface area contributed by atoms with Crippen molar-refractivity contribution in [3.05, 3.63) is 42.0 Å². The fourth-order valence-corrected chi connectivity index (χ4v) is 5.03. The maximum absolute atomic E-state index is 12.5. The Balaban J connectivity index is 1.59. The minimum Gasteiger partial charge on any atom is -0.457 e. The van der Waals surface area contributed by atoms with Gasteiger partial charge >= 0.3 is 5.97 Å². The highest BCUT2D eigenvalue weighted by atomic mass is 16.8. The van der Waals surface area contributed by atoms with Crippen molar-refractivity contribution in [3.63, 3.8) is 0 Å². The van der Waals surface area contributed by atoms with E-state index in [2.05, 4.69) is 0 Å². The quantitative estimate of drug-likeness (QED) is 0.0804. The van der Waals surface area contributed by atoms with Crippen LogP contribution in [-0.4, -0.2) is 169 Å². The predicted octanol–water partition coefficient (Wildman–Crippen LogP) is -5.31. The van der Waals surface area contributed by atoms with Crippen molar-refractivity contribution in [2.45, 2.75) is 85.5 Å². The van der Waals surface area contributed by atoms with Crippen LogP contribution >= 0.6 is 0 Å². The molecule has 1 aromatic rings. The number of aliphatic hydroxyl groups is 10. The molecule has 0 unspecified atom stereocenters. The van der Waals surface area contributed by atoms with Gasteiger partial charge in [-0.25, -0.2) is 4.79 Å². The topological polar surface area (TPSA) is 275 Å². The monoisotopic (exact) mass is 634 g/mol. The highest BCUT2D eigenvalue weighted by Crippen LogP contribution is 2.38. The number of aliphatic hydroxyl groups excluding tert-OH is 10. The number of hydrogen-bond acceptors (Lipinski definition) is 17. The molecule has 0 spiro atoms. The maximum Gasteiger partial charge on any atom is 0.330 e. The first-order valence-corrected chi connectivity index (χ1v) is 13.8. The summed E-state index contributed by atoms with van der Waals surface area (Å²) in [5.74, 6) is -3.43. The number of benzene rings is 1. The molecule has 0 aromatic heterocycles. The van der Waals surface area contributed by atoms with E-state index >= 15 is 0 Å². The van der Waals surface area contributed by atoms with Gasteiger partial charge < -0.3 is 79.5 Å². The Kier molecular flexibility index (Phi) is 11.8. The van der Waals surface area contributed by atoms with Gasteiger partial charge in [0.2, 0.25) is 5.79 Å². The van der Waals surface area contributed by atoms with Crippen LogP contribution in [0.4, 0.5) is 0 Å². The van der Waals surface area contributed by atoms with Crippen LogP contribution in [0.15, 0.2) is 36.4 Å². The molecule has 0 aliphatic carbocycles. The number of hydrogen-bond donors (Lipinski definition) is 10. The third kappa shape index (κ3) is 7.28. The molecule has 1 aromatic carbocycles. The highest BCUT2D eigenvalue weighted by Gasteiger charge is 2.60. The van der Waals surface area contributed by atoms with Gasteiger partial charge in [0.15, 0.2) is 12.6 Å².